The van der Waals surface area contributed by atoms with Gasteiger partial charge in [0, 0.05) is 5.25 Å². The van der Waals surface area contributed by atoms with Gasteiger partial charge in [-0.1, -0.05) is 11.8 Å². The van der Waals surface area contributed by atoms with E-state index < -0.39 is 5.97 Å². The molecule has 2 rings (SSSR count). The van der Waals surface area contributed by atoms with E-state index in [9.17, 15) is 4.79 Å². The highest BCUT2D eigenvalue weighted by atomic mass is 32.2. The smallest absolute Gasteiger partial charge is 0.307 e. The molecule has 0 bridgehead atoms. The molecule has 0 radical (unpaired) electrons. The summed E-state index contributed by atoms with van der Waals surface area (Å²) in [7, 11) is 0. The maximum Gasteiger partial charge on any atom is 0.307 e. The van der Waals surface area contributed by atoms with Crippen molar-refractivity contribution in [2.75, 3.05) is 0 Å². The third-order valence-corrected chi connectivity index (χ3v) is 4.03. The molecule has 1 aliphatic carbocycles. The molecule has 1 heterocycles. The molecule has 4 nitrogen and oxygen atoms in total. The fraction of sp³-hybridized carbons (Fsp3) is 0.600. The molecular formula is C10H13NO3S. The first-order valence-corrected chi connectivity index (χ1v) is 5.79. The zero-order chi connectivity index (χ0) is 11.0. The van der Waals surface area contributed by atoms with E-state index in [0.29, 0.717) is 5.22 Å². The van der Waals surface area contributed by atoms with Crippen molar-refractivity contribution in [3.8, 4) is 0 Å². The van der Waals surface area contributed by atoms with Crippen LogP contribution in [0.1, 0.15) is 24.3 Å². The minimum Gasteiger partial charge on any atom is -0.481 e. The number of thioether (sulfide) groups is 1. The fourth-order valence-electron chi connectivity index (χ4n) is 1.52. The van der Waals surface area contributed by atoms with E-state index in [1.165, 1.54) is 11.8 Å². The van der Waals surface area contributed by atoms with Gasteiger partial charge < -0.3 is 9.52 Å². The molecule has 2 atom stereocenters. The highest BCUT2D eigenvalue weighted by Crippen LogP contribution is 2.41. The molecular weight excluding hydrogens is 214 g/mol. The Morgan fingerprint density at radius 1 is 1.53 bits per heavy atom. The number of aryl methyl sites for hydroxylation is 2. The van der Waals surface area contributed by atoms with E-state index in [1.807, 2.05) is 13.8 Å². The first-order chi connectivity index (χ1) is 7.08. The van der Waals surface area contributed by atoms with Crippen LogP contribution in [-0.2, 0) is 4.79 Å². The second kappa shape index (κ2) is 3.89. The number of carboxylic acid groups (broad SMARTS) is 1. The van der Waals surface area contributed by atoms with Crippen LogP contribution in [0, 0.1) is 19.8 Å². The molecule has 1 fully saturated rings. The molecule has 2 unspecified atom stereocenters. The topological polar surface area (TPSA) is 63.3 Å². The van der Waals surface area contributed by atoms with Crippen LogP contribution in [0.25, 0.3) is 0 Å². The Bertz CT molecular complexity index is 369. The first kappa shape index (κ1) is 10.5. The van der Waals surface area contributed by atoms with Crippen molar-refractivity contribution < 1.29 is 14.3 Å². The zero-order valence-corrected chi connectivity index (χ0v) is 9.50. The lowest BCUT2D eigenvalue weighted by atomic mass is 9.85. The maximum atomic E-state index is 10.8. The van der Waals surface area contributed by atoms with Crippen molar-refractivity contribution in [2.45, 2.75) is 37.2 Å². The number of oxazole rings is 1. The van der Waals surface area contributed by atoms with Crippen LogP contribution in [-0.4, -0.2) is 21.3 Å². The van der Waals surface area contributed by atoms with Gasteiger partial charge in [0.05, 0.1) is 11.6 Å². The quantitative estimate of drug-likeness (QED) is 0.858. The Morgan fingerprint density at radius 2 is 2.27 bits per heavy atom. The SMILES string of the molecule is Cc1nc(SC2CCC2C(=O)O)oc1C. The van der Waals surface area contributed by atoms with Gasteiger partial charge in [-0.05, 0) is 26.7 Å². The molecule has 5 heteroatoms. The third kappa shape index (κ3) is 2.02. The molecule has 0 aromatic carbocycles. The molecule has 1 aliphatic rings. The van der Waals surface area contributed by atoms with E-state index in [0.717, 1.165) is 24.3 Å². The Labute approximate surface area is 92.1 Å². The largest absolute Gasteiger partial charge is 0.481 e. The van der Waals surface area contributed by atoms with Gasteiger partial charge in [-0.2, -0.15) is 0 Å². The third-order valence-electron chi connectivity index (χ3n) is 2.79. The Kier molecular flexibility index (Phi) is 2.73. The summed E-state index contributed by atoms with van der Waals surface area (Å²) < 4.78 is 5.41. The van der Waals surface area contributed by atoms with Gasteiger partial charge >= 0.3 is 5.97 Å². The molecule has 0 spiro atoms. The van der Waals surface area contributed by atoms with E-state index in [4.69, 9.17) is 9.52 Å². The van der Waals surface area contributed by atoms with Gasteiger partial charge in [0.1, 0.15) is 5.76 Å². The number of hydrogen-bond acceptors (Lipinski definition) is 4. The standard InChI is InChI=1S/C10H13NO3S/c1-5-6(2)14-10(11-5)15-8-4-3-7(8)9(12)13/h7-8H,3-4H2,1-2H3,(H,12,13). The van der Waals surface area contributed by atoms with Crippen molar-refractivity contribution in [3.05, 3.63) is 11.5 Å². The molecule has 1 saturated carbocycles. The predicted molar refractivity (Wildman–Crippen MR) is 56.0 cm³/mol. The van der Waals surface area contributed by atoms with Crippen molar-refractivity contribution >= 4 is 17.7 Å². The van der Waals surface area contributed by atoms with Crippen LogP contribution in [0.15, 0.2) is 9.64 Å². The summed E-state index contributed by atoms with van der Waals surface area (Å²) in [5.41, 5.74) is 0.878. The number of carboxylic acids is 1. The summed E-state index contributed by atoms with van der Waals surface area (Å²) in [6.07, 6.45) is 1.70. The summed E-state index contributed by atoms with van der Waals surface area (Å²) >= 11 is 1.44. The molecule has 1 aromatic heterocycles. The second-order valence-corrected chi connectivity index (χ2v) is 4.99. The summed E-state index contributed by atoms with van der Waals surface area (Å²) in [5, 5.41) is 9.60. The summed E-state index contributed by atoms with van der Waals surface area (Å²) in [6.45, 7) is 3.75. The van der Waals surface area contributed by atoms with E-state index >= 15 is 0 Å². The monoisotopic (exact) mass is 227 g/mol. The van der Waals surface area contributed by atoms with Crippen molar-refractivity contribution in [3.63, 3.8) is 0 Å². The van der Waals surface area contributed by atoms with E-state index in [1.54, 1.807) is 0 Å². The van der Waals surface area contributed by atoms with Crippen LogP contribution < -0.4 is 0 Å². The first-order valence-electron chi connectivity index (χ1n) is 4.91. The van der Waals surface area contributed by atoms with Crippen molar-refractivity contribution in [2.24, 2.45) is 5.92 Å². The molecule has 1 N–H and O–H groups in total. The number of rotatable bonds is 3. The maximum absolute atomic E-state index is 10.8. The Hall–Kier alpha value is -0.970. The lowest BCUT2D eigenvalue weighted by molar-refractivity contribution is -0.144. The lowest BCUT2D eigenvalue weighted by Crippen LogP contribution is -2.35. The summed E-state index contributed by atoms with van der Waals surface area (Å²) in [6, 6.07) is 0. The summed E-state index contributed by atoms with van der Waals surface area (Å²) in [4.78, 5) is 15.0. The number of hydrogen-bond donors (Lipinski definition) is 1. The molecule has 1 aromatic rings. The van der Waals surface area contributed by atoms with Crippen LogP contribution in [0.2, 0.25) is 0 Å². The second-order valence-electron chi connectivity index (χ2n) is 3.80. The van der Waals surface area contributed by atoms with Crippen molar-refractivity contribution in [1.82, 2.24) is 4.98 Å². The number of nitrogens with zero attached hydrogens (tertiary/aromatic N) is 1. The number of carbonyl (C=O) groups is 1. The zero-order valence-electron chi connectivity index (χ0n) is 8.69. The van der Waals surface area contributed by atoms with Gasteiger partial charge in [0.2, 0.25) is 0 Å². The van der Waals surface area contributed by atoms with Gasteiger partial charge in [-0.3, -0.25) is 4.79 Å². The van der Waals surface area contributed by atoms with E-state index in [2.05, 4.69) is 4.98 Å². The van der Waals surface area contributed by atoms with Gasteiger partial charge in [-0.15, -0.1) is 0 Å². The predicted octanol–water partition coefficient (Wildman–Crippen LogP) is 2.25. The van der Waals surface area contributed by atoms with Gasteiger partial charge in [0.15, 0.2) is 0 Å². The average molecular weight is 227 g/mol. The van der Waals surface area contributed by atoms with Crippen LogP contribution in [0.4, 0.5) is 0 Å². The summed E-state index contributed by atoms with van der Waals surface area (Å²) in [5.74, 6) is -0.134. The minimum atomic E-state index is -0.709. The Balaban J connectivity index is 2.00. The van der Waals surface area contributed by atoms with Crippen LogP contribution >= 0.6 is 11.8 Å². The lowest BCUT2D eigenvalue weighted by Gasteiger charge is -2.31. The fourth-order valence-corrected chi connectivity index (χ4v) is 2.81. The van der Waals surface area contributed by atoms with Crippen molar-refractivity contribution in [1.29, 1.82) is 0 Å². The average Bonchev–Trinajstić information content (AvgIpc) is 2.39. The highest BCUT2D eigenvalue weighted by Gasteiger charge is 2.38. The highest BCUT2D eigenvalue weighted by molar-refractivity contribution is 7.99. The van der Waals surface area contributed by atoms with E-state index in [-0.39, 0.29) is 11.2 Å². The van der Waals surface area contributed by atoms with Gasteiger partial charge in [0.25, 0.3) is 5.22 Å². The minimum absolute atomic E-state index is 0.125. The van der Waals surface area contributed by atoms with Crippen LogP contribution in [0.5, 0.6) is 0 Å². The van der Waals surface area contributed by atoms with Crippen LogP contribution in [0.3, 0.4) is 0 Å². The molecule has 0 saturated heterocycles. The number of aliphatic carboxylic acids is 1. The molecule has 0 amide bonds. The normalized spacial score (nSPS) is 24.9. The Morgan fingerprint density at radius 3 is 2.67 bits per heavy atom. The number of aromatic nitrogens is 1. The molecule has 82 valence electrons. The molecule has 15 heavy (non-hydrogen) atoms. The van der Waals surface area contributed by atoms with Gasteiger partial charge in [-0.25, -0.2) is 4.98 Å². The molecule has 0 aliphatic heterocycles.